The fourth-order valence-corrected chi connectivity index (χ4v) is 2.47. The van der Waals surface area contributed by atoms with E-state index in [0.29, 0.717) is 12.0 Å². The molecule has 0 bridgehead atoms. The van der Waals surface area contributed by atoms with Crippen LogP contribution in [-0.4, -0.2) is 16.3 Å². The van der Waals surface area contributed by atoms with Crippen LogP contribution in [0.5, 0.6) is 0 Å². The molecule has 0 aliphatic rings. The van der Waals surface area contributed by atoms with Crippen LogP contribution in [0.25, 0.3) is 0 Å². The molecule has 1 heterocycles. The Morgan fingerprint density at radius 1 is 1.24 bits per heavy atom. The molecule has 0 spiro atoms. The Balaban J connectivity index is 2.24. The zero-order valence-corrected chi connectivity index (χ0v) is 12.4. The number of aryl methyl sites for hydroxylation is 1. The minimum absolute atomic E-state index is 0.0380. The summed E-state index contributed by atoms with van der Waals surface area (Å²) in [5.41, 5.74) is 1.54. The van der Waals surface area contributed by atoms with Crippen molar-refractivity contribution in [3.05, 3.63) is 53.4 Å². The summed E-state index contributed by atoms with van der Waals surface area (Å²) in [6, 6.07) is 5.65. The van der Waals surface area contributed by atoms with Crippen molar-refractivity contribution in [2.45, 2.75) is 39.3 Å². The summed E-state index contributed by atoms with van der Waals surface area (Å²) in [5, 5.41) is 7.66. The van der Waals surface area contributed by atoms with Gasteiger partial charge in [0.15, 0.2) is 0 Å². The van der Waals surface area contributed by atoms with E-state index in [0.717, 1.165) is 31.3 Å². The van der Waals surface area contributed by atoms with E-state index in [1.807, 2.05) is 17.7 Å². The third-order valence-electron chi connectivity index (χ3n) is 3.43. The van der Waals surface area contributed by atoms with Gasteiger partial charge < -0.3 is 5.32 Å². The lowest BCUT2D eigenvalue weighted by atomic mass is 10.0. The quantitative estimate of drug-likeness (QED) is 0.847. The van der Waals surface area contributed by atoms with E-state index in [4.69, 9.17) is 0 Å². The van der Waals surface area contributed by atoms with Crippen molar-refractivity contribution >= 4 is 0 Å². The monoisotopic (exact) mass is 293 g/mol. The smallest absolute Gasteiger partial charge is 0.129 e. The van der Waals surface area contributed by atoms with E-state index in [2.05, 4.69) is 17.3 Å². The van der Waals surface area contributed by atoms with Gasteiger partial charge in [-0.15, -0.1) is 0 Å². The first-order valence-electron chi connectivity index (χ1n) is 7.34. The lowest BCUT2D eigenvalue weighted by Gasteiger charge is -2.20. The zero-order chi connectivity index (χ0) is 15.2. The van der Waals surface area contributed by atoms with E-state index in [1.165, 1.54) is 12.1 Å². The summed E-state index contributed by atoms with van der Waals surface area (Å²) in [6.07, 6.45) is 3.21. The highest BCUT2D eigenvalue weighted by Gasteiger charge is 2.17. The molecule has 0 aliphatic carbocycles. The molecule has 5 heteroatoms. The molecule has 21 heavy (non-hydrogen) atoms. The van der Waals surface area contributed by atoms with Gasteiger partial charge in [-0.2, -0.15) is 5.10 Å². The summed E-state index contributed by atoms with van der Waals surface area (Å²) in [7, 11) is 0. The van der Waals surface area contributed by atoms with Gasteiger partial charge in [-0.05, 0) is 37.1 Å². The third-order valence-corrected chi connectivity index (χ3v) is 3.43. The molecule has 0 radical (unpaired) electrons. The first-order valence-corrected chi connectivity index (χ1v) is 7.34. The lowest BCUT2D eigenvalue weighted by Crippen LogP contribution is -2.26. The van der Waals surface area contributed by atoms with Crippen molar-refractivity contribution in [2.24, 2.45) is 0 Å². The van der Waals surface area contributed by atoms with Crippen LogP contribution in [0, 0.1) is 11.6 Å². The van der Waals surface area contributed by atoms with Gasteiger partial charge in [0.05, 0.1) is 11.7 Å². The Morgan fingerprint density at radius 2 is 2.05 bits per heavy atom. The molecule has 114 valence electrons. The molecular weight excluding hydrogens is 272 g/mol. The van der Waals surface area contributed by atoms with Gasteiger partial charge in [0.1, 0.15) is 11.6 Å². The first-order chi connectivity index (χ1) is 10.2. The first kappa shape index (κ1) is 15.6. The predicted octanol–water partition coefficient (Wildman–Crippen LogP) is 3.46. The van der Waals surface area contributed by atoms with Crippen molar-refractivity contribution < 1.29 is 8.78 Å². The Morgan fingerprint density at radius 3 is 2.71 bits per heavy atom. The number of aromatic nitrogens is 2. The van der Waals surface area contributed by atoms with Crippen molar-refractivity contribution in [3.8, 4) is 0 Å². The molecule has 1 aromatic heterocycles. The fraction of sp³-hybridized carbons (Fsp3) is 0.438. The molecule has 1 aromatic carbocycles. The Bertz CT molecular complexity index is 581. The summed E-state index contributed by atoms with van der Waals surface area (Å²) in [4.78, 5) is 0. The maximum absolute atomic E-state index is 13.9. The topological polar surface area (TPSA) is 29.9 Å². The van der Waals surface area contributed by atoms with E-state index in [9.17, 15) is 8.78 Å². The highest BCUT2D eigenvalue weighted by molar-refractivity contribution is 5.22. The van der Waals surface area contributed by atoms with Gasteiger partial charge in [-0.3, -0.25) is 4.68 Å². The molecule has 1 atom stereocenters. The Hall–Kier alpha value is -1.75. The SMILES string of the molecule is CCCn1nccc1C(Cc1ccc(F)cc1F)NCC. The van der Waals surface area contributed by atoms with Crippen LogP contribution in [0.2, 0.25) is 0 Å². The van der Waals surface area contributed by atoms with Crippen LogP contribution in [0.4, 0.5) is 8.78 Å². The molecule has 1 unspecified atom stereocenters. The molecule has 0 saturated carbocycles. The standard InChI is InChI=1S/C16H21F2N3/c1-3-9-21-16(7-8-20-21)15(19-4-2)10-12-5-6-13(17)11-14(12)18/h5-8,11,15,19H,3-4,9-10H2,1-2H3. The van der Waals surface area contributed by atoms with E-state index >= 15 is 0 Å². The molecule has 0 amide bonds. The van der Waals surface area contributed by atoms with Crippen LogP contribution < -0.4 is 5.32 Å². The second-order valence-electron chi connectivity index (χ2n) is 5.03. The van der Waals surface area contributed by atoms with Crippen LogP contribution in [-0.2, 0) is 13.0 Å². The van der Waals surface area contributed by atoms with E-state index in [-0.39, 0.29) is 6.04 Å². The summed E-state index contributed by atoms with van der Waals surface area (Å²) >= 11 is 0. The summed E-state index contributed by atoms with van der Waals surface area (Å²) < 4.78 is 28.8. The lowest BCUT2D eigenvalue weighted by molar-refractivity contribution is 0.469. The number of nitrogens with one attached hydrogen (secondary N) is 1. The summed E-state index contributed by atoms with van der Waals surface area (Å²) in [5.74, 6) is -1.05. The highest BCUT2D eigenvalue weighted by Crippen LogP contribution is 2.21. The molecule has 0 aliphatic heterocycles. The van der Waals surface area contributed by atoms with Crippen LogP contribution in [0.3, 0.4) is 0 Å². The second kappa shape index (κ2) is 7.31. The van der Waals surface area contributed by atoms with Crippen molar-refractivity contribution in [1.29, 1.82) is 0 Å². The maximum atomic E-state index is 13.9. The molecular formula is C16H21F2N3. The van der Waals surface area contributed by atoms with Crippen LogP contribution >= 0.6 is 0 Å². The minimum Gasteiger partial charge on any atom is -0.309 e. The molecule has 2 rings (SSSR count). The van der Waals surface area contributed by atoms with E-state index < -0.39 is 11.6 Å². The Labute approximate surface area is 124 Å². The maximum Gasteiger partial charge on any atom is 0.129 e. The number of nitrogens with zero attached hydrogens (tertiary/aromatic N) is 2. The molecule has 2 aromatic rings. The number of hydrogen-bond donors (Lipinski definition) is 1. The number of halogens is 2. The van der Waals surface area contributed by atoms with Crippen molar-refractivity contribution in [3.63, 3.8) is 0 Å². The van der Waals surface area contributed by atoms with Gasteiger partial charge in [-0.25, -0.2) is 8.78 Å². The third kappa shape index (κ3) is 3.88. The largest absolute Gasteiger partial charge is 0.309 e. The van der Waals surface area contributed by atoms with Crippen molar-refractivity contribution in [2.75, 3.05) is 6.54 Å². The Kier molecular flexibility index (Phi) is 5.44. The van der Waals surface area contributed by atoms with Crippen LogP contribution in [0.15, 0.2) is 30.5 Å². The molecule has 0 saturated heterocycles. The van der Waals surface area contributed by atoms with Gasteiger partial charge >= 0.3 is 0 Å². The summed E-state index contributed by atoms with van der Waals surface area (Å²) in [6.45, 7) is 5.70. The predicted molar refractivity (Wildman–Crippen MR) is 79.0 cm³/mol. The number of likely N-dealkylation sites (N-methyl/N-ethyl adjacent to an activating group) is 1. The number of hydrogen-bond acceptors (Lipinski definition) is 2. The average molecular weight is 293 g/mol. The van der Waals surface area contributed by atoms with Gasteiger partial charge in [-0.1, -0.05) is 19.9 Å². The van der Waals surface area contributed by atoms with Gasteiger partial charge in [0.2, 0.25) is 0 Å². The zero-order valence-electron chi connectivity index (χ0n) is 12.4. The highest BCUT2D eigenvalue weighted by atomic mass is 19.1. The molecule has 1 N–H and O–H groups in total. The molecule has 0 fully saturated rings. The number of benzene rings is 1. The average Bonchev–Trinajstić information content (AvgIpc) is 2.90. The number of rotatable bonds is 7. The second-order valence-corrected chi connectivity index (χ2v) is 5.03. The van der Waals surface area contributed by atoms with Crippen LogP contribution in [0.1, 0.15) is 37.6 Å². The molecule has 3 nitrogen and oxygen atoms in total. The normalized spacial score (nSPS) is 12.6. The van der Waals surface area contributed by atoms with Gasteiger partial charge in [0, 0.05) is 18.8 Å². The van der Waals surface area contributed by atoms with Crippen molar-refractivity contribution in [1.82, 2.24) is 15.1 Å². The van der Waals surface area contributed by atoms with E-state index in [1.54, 1.807) is 6.20 Å². The van der Waals surface area contributed by atoms with Gasteiger partial charge in [0.25, 0.3) is 0 Å². The fourth-order valence-electron chi connectivity index (χ4n) is 2.47. The minimum atomic E-state index is -0.549.